The molecule has 4 nitrogen and oxygen atoms in total. The molecule has 0 bridgehead atoms. The molecule has 1 heterocycles. The molecule has 2 atom stereocenters. The summed E-state index contributed by atoms with van der Waals surface area (Å²) in [5.41, 5.74) is 5.61. The van der Waals surface area contributed by atoms with Crippen molar-refractivity contribution < 1.29 is 4.79 Å². The normalized spacial score (nSPS) is 23.1. The largest absolute Gasteiger partial charge is 0.352 e. The highest BCUT2D eigenvalue weighted by Gasteiger charge is 2.21. The van der Waals surface area contributed by atoms with Crippen LogP contribution >= 0.6 is 0 Å². The van der Waals surface area contributed by atoms with Crippen molar-refractivity contribution in [2.24, 2.45) is 17.6 Å². The number of likely N-dealkylation sites (tertiary alicyclic amines) is 1. The Kier molecular flexibility index (Phi) is 6.65. The molecular formula is C14H29N3O. The maximum atomic E-state index is 11.9. The SMILES string of the molecule is CC(C)C(C)NC(=O)CN1CCCC(CCN)C1. The number of piperidine rings is 1. The van der Waals surface area contributed by atoms with Gasteiger partial charge in [-0.2, -0.15) is 0 Å². The number of hydrogen-bond acceptors (Lipinski definition) is 3. The first-order valence-corrected chi connectivity index (χ1v) is 7.24. The Morgan fingerprint density at radius 2 is 2.17 bits per heavy atom. The van der Waals surface area contributed by atoms with Crippen molar-refractivity contribution in [2.75, 3.05) is 26.2 Å². The van der Waals surface area contributed by atoms with Gasteiger partial charge in [0.1, 0.15) is 0 Å². The first kappa shape index (κ1) is 15.4. The number of nitrogens with two attached hydrogens (primary N) is 1. The van der Waals surface area contributed by atoms with Gasteiger partial charge < -0.3 is 11.1 Å². The number of carbonyl (C=O) groups excluding carboxylic acids is 1. The van der Waals surface area contributed by atoms with Gasteiger partial charge in [-0.3, -0.25) is 9.69 Å². The minimum absolute atomic E-state index is 0.157. The fourth-order valence-corrected chi connectivity index (χ4v) is 2.44. The molecule has 1 amide bonds. The molecule has 106 valence electrons. The molecule has 0 aromatic carbocycles. The predicted molar refractivity (Wildman–Crippen MR) is 75.3 cm³/mol. The molecule has 1 aliphatic rings. The maximum Gasteiger partial charge on any atom is 0.234 e. The first-order valence-electron chi connectivity index (χ1n) is 7.24. The van der Waals surface area contributed by atoms with Crippen LogP contribution in [0, 0.1) is 11.8 Å². The van der Waals surface area contributed by atoms with Gasteiger partial charge >= 0.3 is 0 Å². The number of amides is 1. The van der Waals surface area contributed by atoms with E-state index in [9.17, 15) is 4.79 Å². The summed E-state index contributed by atoms with van der Waals surface area (Å²) < 4.78 is 0. The number of rotatable bonds is 6. The van der Waals surface area contributed by atoms with Gasteiger partial charge in [-0.1, -0.05) is 13.8 Å². The molecule has 1 fully saturated rings. The second-order valence-corrected chi connectivity index (χ2v) is 5.92. The standard InChI is InChI=1S/C14H29N3O/c1-11(2)12(3)16-14(18)10-17-8-4-5-13(9-17)6-7-15/h11-13H,4-10,15H2,1-3H3,(H,16,18). The highest BCUT2D eigenvalue weighted by atomic mass is 16.2. The fraction of sp³-hybridized carbons (Fsp3) is 0.929. The third-order valence-electron chi connectivity index (χ3n) is 3.93. The van der Waals surface area contributed by atoms with Crippen molar-refractivity contribution in [1.82, 2.24) is 10.2 Å². The van der Waals surface area contributed by atoms with E-state index < -0.39 is 0 Å². The van der Waals surface area contributed by atoms with Crippen LogP contribution < -0.4 is 11.1 Å². The summed E-state index contributed by atoms with van der Waals surface area (Å²) in [5, 5.41) is 3.07. The monoisotopic (exact) mass is 255 g/mol. The molecule has 1 saturated heterocycles. The van der Waals surface area contributed by atoms with Gasteiger partial charge in [-0.25, -0.2) is 0 Å². The highest BCUT2D eigenvalue weighted by molar-refractivity contribution is 5.78. The lowest BCUT2D eigenvalue weighted by molar-refractivity contribution is -0.123. The van der Waals surface area contributed by atoms with E-state index in [2.05, 4.69) is 31.0 Å². The summed E-state index contributed by atoms with van der Waals surface area (Å²) in [6, 6.07) is 0.252. The third kappa shape index (κ3) is 5.36. The maximum absolute atomic E-state index is 11.9. The van der Waals surface area contributed by atoms with Crippen LogP contribution in [0.4, 0.5) is 0 Å². The van der Waals surface area contributed by atoms with Crippen LogP contribution in [-0.2, 0) is 4.79 Å². The molecule has 0 aliphatic carbocycles. The zero-order valence-electron chi connectivity index (χ0n) is 12.1. The molecule has 0 aromatic rings. The Hall–Kier alpha value is -0.610. The molecule has 0 spiro atoms. The average Bonchev–Trinajstić information content (AvgIpc) is 2.29. The smallest absolute Gasteiger partial charge is 0.234 e. The Balaban J connectivity index is 2.30. The van der Waals surface area contributed by atoms with Crippen molar-refractivity contribution >= 4 is 5.91 Å². The zero-order chi connectivity index (χ0) is 13.5. The van der Waals surface area contributed by atoms with E-state index >= 15 is 0 Å². The van der Waals surface area contributed by atoms with Crippen LogP contribution in [0.5, 0.6) is 0 Å². The third-order valence-corrected chi connectivity index (χ3v) is 3.93. The Labute approximate surface area is 111 Å². The topological polar surface area (TPSA) is 58.4 Å². The lowest BCUT2D eigenvalue weighted by Gasteiger charge is -2.32. The summed E-state index contributed by atoms with van der Waals surface area (Å²) in [7, 11) is 0. The summed E-state index contributed by atoms with van der Waals surface area (Å²) in [4.78, 5) is 14.2. The minimum atomic E-state index is 0.157. The van der Waals surface area contributed by atoms with Crippen molar-refractivity contribution in [1.29, 1.82) is 0 Å². The quantitative estimate of drug-likeness (QED) is 0.750. The predicted octanol–water partition coefficient (Wildman–Crippen LogP) is 1.21. The molecule has 1 rings (SSSR count). The fourth-order valence-electron chi connectivity index (χ4n) is 2.44. The zero-order valence-corrected chi connectivity index (χ0v) is 12.1. The average molecular weight is 255 g/mol. The van der Waals surface area contributed by atoms with Gasteiger partial charge in [0.25, 0.3) is 0 Å². The van der Waals surface area contributed by atoms with Crippen LogP contribution in [0.3, 0.4) is 0 Å². The van der Waals surface area contributed by atoms with Crippen LogP contribution in [0.25, 0.3) is 0 Å². The Morgan fingerprint density at radius 3 is 2.78 bits per heavy atom. The molecule has 1 aliphatic heterocycles. The lowest BCUT2D eigenvalue weighted by Crippen LogP contribution is -2.46. The number of hydrogen-bond donors (Lipinski definition) is 2. The second-order valence-electron chi connectivity index (χ2n) is 5.92. The molecule has 4 heteroatoms. The van der Waals surface area contributed by atoms with Gasteiger partial charge in [0.05, 0.1) is 6.54 Å². The van der Waals surface area contributed by atoms with Gasteiger partial charge in [0.15, 0.2) is 0 Å². The molecule has 3 N–H and O–H groups in total. The molecule has 0 saturated carbocycles. The van der Waals surface area contributed by atoms with E-state index in [1.807, 2.05) is 0 Å². The van der Waals surface area contributed by atoms with Gasteiger partial charge in [-0.15, -0.1) is 0 Å². The molecule has 2 unspecified atom stereocenters. The van der Waals surface area contributed by atoms with Gasteiger partial charge in [0, 0.05) is 12.6 Å². The van der Waals surface area contributed by atoms with Crippen LogP contribution in [-0.4, -0.2) is 43.0 Å². The summed E-state index contributed by atoms with van der Waals surface area (Å²) in [6.45, 7) is 9.70. The van der Waals surface area contributed by atoms with Crippen molar-refractivity contribution in [3.8, 4) is 0 Å². The Bertz CT molecular complexity index is 253. The van der Waals surface area contributed by atoms with Gasteiger partial charge in [-0.05, 0) is 51.1 Å². The van der Waals surface area contributed by atoms with Crippen molar-refractivity contribution in [3.05, 3.63) is 0 Å². The summed E-state index contributed by atoms with van der Waals surface area (Å²) >= 11 is 0. The van der Waals surface area contributed by atoms with Crippen molar-refractivity contribution in [2.45, 2.75) is 46.1 Å². The Morgan fingerprint density at radius 1 is 1.44 bits per heavy atom. The van der Waals surface area contributed by atoms with Crippen LogP contribution in [0.2, 0.25) is 0 Å². The van der Waals surface area contributed by atoms with E-state index in [4.69, 9.17) is 5.73 Å². The van der Waals surface area contributed by atoms with Crippen LogP contribution in [0.15, 0.2) is 0 Å². The summed E-state index contributed by atoms with van der Waals surface area (Å²) in [5.74, 6) is 1.32. The molecule has 18 heavy (non-hydrogen) atoms. The first-order chi connectivity index (χ1) is 8.52. The minimum Gasteiger partial charge on any atom is -0.352 e. The second kappa shape index (κ2) is 7.74. The van der Waals surface area contributed by atoms with Gasteiger partial charge in [0.2, 0.25) is 5.91 Å². The van der Waals surface area contributed by atoms with Crippen LogP contribution in [0.1, 0.15) is 40.0 Å². The van der Waals surface area contributed by atoms with E-state index in [0.29, 0.717) is 18.4 Å². The van der Waals surface area contributed by atoms with E-state index in [0.717, 1.165) is 26.1 Å². The number of nitrogens with zero attached hydrogens (tertiary/aromatic N) is 1. The van der Waals surface area contributed by atoms with E-state index in [1.165, 1.54) is 12.8 Å². The summed E-state index contributed by atoms with van der Waals surface area (Å²) in [6.07, 6.45) is 3.54. The molecule has 0 aromatic heterocycles. The number of carbonyl (C=O) groups is 1. The number of nitrogens with one attached hydrogen (secondary N) is 1. The van der Waals surface area contributed by atoms with Crippen molar-refractivity contribution in [3.63, 3.8) is 0 Å². The highest BCUT2D eigenvalue weighted by Crippen LogP contribution is 2.18. The molecule has 0 radical (unpaired) electrons. The molecular weight excluding hydrogens is 226 g/mol. The van der Waals surface area contributed by atoms with E-state index in [-0.39, 0.29) is 11.9 Å². The lowest BCUT2D eigenvalue weighted by atomic mass is 9.95. The van der Waals surface area contributed by atoms with E-state index in [1.54, 1.807) is 0 Å².